The molecule has 2 heterocycles. The van der Waals surface area contributed by atoms with Gasteiger partial charge in [0.25, 0.3) is 0 Å². The molecule has 2 N–H and O–H groups in total. The summed E-state index contributed by atoms with van der Waals surface area (Å²) in [6.45, 7) is 0. The Hall–Kier alpha value is -1.87. The van der Waals surface area contributed by atoms with Crippen LogP contribution in [-0.4, -0.2) is 9.97 Å². The second-order valence-corrected chi connectivity index (χ2v) is 5.83. The number of nitriles is 1. The first-order chi connectivity index (χ1) is 9.60. The highest BCUT2D eigenvalue weighted by Crippen LogP contribution is 2.39. The highest BCUT2D eigenvalue weighted by molar-refractivity contribution is 7.22. The van der Waals surface area contributed by atoms with Gasteiger partial charge in [-0.3, -0.25) is 0 Å². The van der Waals surface area contributed by atoms with E-state index in [0.717, 1.165) is 10.2 Å². The van der Waals surface area contributed by atoms with E-state index in [-0.39, 0.29) is 0 Å². The van der Waals surface area contributed by atoms with Crippen LogP contribution < -0.4 is 5.73 Å². The molecule has 0 fully saturated rings. The molecule has 1 aromatic carbocycles. The van der Waals surface area contributed by atoms with Crippen molar-refractivity contribution in [1.82, 2.24) is 9.97 Å². The van der Waals surface area contributed by atoms with Crippen LogP contribution in [0.3, 0.4) is 0 Å². The first kappa shape index (κ1) is 13.1. The number of fused-ring (bicyclic) bond motifs is 1. The molecule has 2 aromatic heterocycles. The molecule has 0 spiro atoms. The summed E-state index contributed by atoms with van der Waals surface area (Å²) in [4.78, 5) is 8.49. The van der Waals surface area contributed by atoms with Gasteiger partial charge in [0.1, 0.15) is 10.8 Å². The maximum Gasteiger partial charge on any atom is 0.143 e. The van der Waals surface area contributed by atoms with Crippen molar-refractivity contribution in [3.8, 4) is 16.6 Å². The fourth-order valence-electron chi connectivity index (χ4n) is 1.86. The molecule has 0 aliphatic carbocycles. The summed E-state index contributed by atoms with van der Waals surface area (Å²) in [5.41, 5.74) is 7.50. The number of nitrogen functional groups attached to an aromatic ring is 1. The maximum absolute atomic E-state index is 9.23. The summed E-state index contributed by atoms with van der Waals surface area (Å²) < 4.78 is 0.775. The van der Waals surface area contributed by atoms with Crippen LogP contribution in [-0.2, 0) is 0 Å². The van der Waals surface area contributed by atoms with Crippen molar-refractivity contribution in [2.75, 3.05) is 5.73 Å². The number of halogens is 2. The van der Waals surface area contributed by atoms with E-state index in [2.05, 4.69) is 16.0 Å². The molecular formula is C13H6Cl2N4S. The molecule has 0 saturated heterocycles. The van der Waals surface area contributed by atoms with E-state index in [4.69, 9.17) is 28.9 Å². The third-order valence-corrected chi connectivity index (χ3v) is 4.35. The van der Waals surface area contributed by atoms with Crippen LogP contribution in [0.5, 0.6) is 0 Å². The molecule has 0 radical (unpaired) electrons. The van der Waals surface area contributed by atoms with Gasteiger partial charge in [-0.25, -0.2) is 9.97 Å². The molecule has 0 atom stereocenters. The standard InChI is InChI=1S/C13H6Cl2N4S/c14-7-3-6(5-16)10(8(15)4-7)13-19-9-1-2-18-12(17)11(9)20-13/h1-4H,(H2,17,18). The van der Waals surface area contributed by atoms with Crippen molar-refractivity contribution in [2.45, 2.75) is 0 Å². The molecule has 0 aliphatic heterocycles. The molecule has 0 unspecified atom stereocenters. The summed E-state index contributed by atoms with van der Waals surface area (Å²) in [6, 6.07) is 7.01. The van der Waals surface area contributed by atoms with Crippen LogP contribution in [0.15, 0.2) is 24.4 Å². The van der Waals surface area contributed by atoms with Crippen molar-refractivity contribution in [3.05, 3.63) is 40.0 Å². The van der Waals surface area contributed by atoms with Crippen LogP contribution >= 0.6 is 34.5 Å². The van der Waals surface area contributed by atoms with Crippen LogP contribution in [0.2, 0.25) is 10.0 Å². The quantitative estimate of drug-likeness (QED) is 0.731. The fourth-order valence-corrected chi connectivity index (χ4v) is 3.54. The van der Waals surface area contributed by atoms with Crippen molar-refractivity contribution >= 4 is 50.6 Å². The number of thiazole rings is 1. The Kier molecular flexibility index (Phi) is 3.22. The Bertz CT molecular complexity index is 867. The maximum atomic E-state index is 9.23. The molecule has 0 saturated carbocycles. The van der Waals surface area contributed by atoms with E-state index in [9.17, 15) is 5.26 Å². The van der Waals surface area contributed by atoms with Gasteiger partial charge in [0.05, 0.1) is 26.9 Å². The predicted molar refractivity (Wildman–Crippen MR) is 82.0 cm³/mol. The van der Waals surface area contributed by atoms with Crippen LogP contribution in [0.1, 0.15) is 5.56 Å². The zero-order valence-corrected chi connectivity index (χ0v) is 12.2. The average Bonchev–Trinajstić information content (AvgIpc) is 2.82. The van der Waals surface area contributed by atoms with Crippen molar-refractivity contribution < 1.29 is 0 Å². The van der Waals surface area contributed by atoms with Gasteiger partial charge in [-0.1, -0.05) is 23.2 Å². The molecule has 98 valence electrons. The predicted octanol–water partition coefficient (Wildman–Crippen LogP) is 4.12. The number of nitrogens with zero attached hydrogens (tertiary/aromatic N) is 3. The highest BCUT2D eigenvalue weighted by Gasteiger charge is 2.16. The number of rotatable bonds is 1. The average molecular weight is 321 g/mol. The largest absolute Gasteiger partial charge is 0.382 e. The second kappa shape index (κ2) is 4.91. The summed E-state index contributed by atoms with van der Waals surface area (Å²) in [7, 11) is 0. The van der Waals surface area contributed by atoms with Gasteiger partial charge in [-0.2, -0.15) is 5.26 Å². The molecule has 7 heteroatoms. The number of aromatic nitrogens is 2. The van der Waals surface area contributed by atoms with E-state index in [0.29, 0.717) is 32.0 Å². The van der Waals surface area contributed by atoms with Gasteiger partial charge in [0.15, 0.2) is 0 Å². The number of nitrogens with two attached hydrogens (primary N) is 1. The van der Waals surface area contributed by atoms with Gasteiger partial charge < -0.3 is 5.73 Å². The summed E-state index contributed by atoms with van der Waals surface area (Å²) in [5, 5.41) is 10.7. The summed E-state index contributed by atoms with van der Waals surface area (Å²) >= 11 is 13.5. The van der Waals surface area contributed by atoms with Gasteiger partial charge >= 0.3 is 0 Å². The molecule has 0 bridgehead atoms. The number of hydrogen-bond acceptors (Lipinski definition) is 5. The van der Waals surface area contributed by atoms with E-state index in [1.165, 1.54) is 11.3 Å². The normalized spacial score (nSPS) is 10.7. The number of benzene rings is 1. The third-order valence-electron chi connectivity index (χ3n) is 2.72. The molecule has 4 nitrogen and oxygen atoms in total. The number of anilines is 1. The Balaban J connectivity index is 2.32. The Morgan fingerprint density at radius 1 is 1.30 bits per heavy atom. The monoisotopic (exact) mass is 320 g/mol. The van der Waals surface area contributed by atoms with Crippen LogP contribution in [0.4, 0.5) is 5.82 Å². The van der Waals surface area contributed by atoms with E-state index in [1.54, 1.807) is 24.4 Å². The molecular weight excluding hydrogens is 315 g/mol. The molecule has 3 rings (SSSR count). The van der Waals surface area contributed by atoms with Crippen molar-refractivity contribution in [1.29, 1.82) is 5.26 Å². The fraction of sp³-hybridized carbons (Fsp3) is 0. The minimum Gasteiger partial charge on any atom is -0.382 e. The molecule has 3 aromatic rings. The van der Waals surface area contributed by atoms with Gasteiger partial charge in [-0.15, -0.1) is 11.3 Å². The minimum atomic E-state index is 0.382. The molecule has 0 amide bonds. The van der Waals surface area contributed by atoms with Gasteiger partial charge in [0, 0.05) is 16.8 Å². The lowest BCUT2D eigenvalue weighted by Crippen LogP contribution is -1.87. The lowest BCUT2D eigenvalue weighted by molar-refractivity contribution is 1.36. The zero-order valence-electron chi connectivity index (χ0n) is 9.89. The van der Waals surface area contributed by atoms with Crippen LogP contribution in [0, 0.1) is 11.3 Å². The SMILES string of the molecule is N#Cc1cc(Cl)cc(Cl)c1-c1nc2ccnc(N)c2s1. The van der Waals surface area contributed by atoms with Crippen LogP contribution in [0.25, 0.3) is 20.8 Å². The van der Waals surface area contributed by atoms with E-state index >= 15 is 0 Å². The number of hydrogen-bond donors (Lipinski definition) is 1. The molecule has 0 aliphatic rings. The smallest absolute Gasteiger partial charge is 0.143 e. The number of pyridine rings is 1. The van der Waals surface area contributed by atoms with Gasteiger partial charge in [0.2, 0.25) is 0 Å². The minimum absolute atomic E-state index is 0.382. The van der Waals surface area contributed by atoms with Crippen molar-refractivity contribution in [3.63, 3.8) is 0 Å². The highest BCUT2D eigenvalue weighted by atomic mass is 35.5. The third kappa shape index (κ3) is 2.08. The van der Waals surface area contributed by atoms with Crippen molar-refractivity contribution in [2.24, 2.45) is 0 Å². The van der Waals surface area contributed by atoms with E-state index < -0.39 is 0 Å². The first-order valence-electron chi connectivity index (χ1n) is 5.50. The first-order valence-corrected chi connectivity index (χ1v) is 7.08. The topological polar surface area (TPSA) is 75.6 Å². The zero-order chi connectivity index (χ0) is 14.3. The molecule has 20 heavy (non-hydrogen) atoms. The Labute approximate surface area is 128 Å². The lowest BCUT2D eigenvalue weighted by atomic mass is 10.1. The summed E-state index contributed by atoms with van der Waals surface area (Å²) in [5.74, 6) is 0.412. The Morgan fingerprint density at radius 3 is 2.80 bits per heavy atom. The Morgan fingerprint density at radius 2 is 2.10 bits per heavy atom. The second-order valence-electron chi connectivity index (χ2n) is 3.99. The summed E-state index contributed by atoms with van der Waals surface area (Å²) in [6.07, 6.45) is 1.59. The van der Waals surface area contributed by atoms with E-state index in [1.807, 2.05) is 0 Å². The lowest BCUT2D eigenvalue weighted by Gasteiger charge is -2.03. The van der Waals surface area contributed by atoms with Gasteiger partial charge in [-0.05, 0) is 18.2 Å².